The highest BCUT2D eigenvalue weighted by Crippen LogP contribution is 2.48. The molecule has 1 aliphatic heterocycles. The first-order valence-corrected chi connectivity index (χ1v) is 15.0. The van der Waals surface area contributed by atoms with Crippen LogP contribution in [0.5, 0.6) is 28.1 Å². The zero-order valence-corrected chi connectivity index (χ0v) is 24.9. The van der Waals surface area contributed by atoms with Gasteiger partial charge in [-0.2, -0.15) is 0 Å². The van der Waals surface area contributed by atoms with Crippen LogP contribution in [-0.2, 0) is 16.1 Å². The molecule has 1 fully saturated rings. The lowest BCUT2D eigenvalue weighted by Crippen LogP contribution is -2.39. The minimum Gasteiger partial charge on any atom is -0.489 e. The number of fused-ring (bicyclic) bond motifs is 1. The molecule has 3 aromatic carbocycles. The zero-order chi connectivity index (χ0) is 29.6. The fraction of sp³-hybridized carbons (Fsp3) is 0.265. The van der Waals surface area contributed by atoms with Crippen molar-refractivity contribution in [1.29, 1.82) is 0 Å². The minimum atomic E-state index is -0.326. The molecule has 1 saturated heterocycles. The number of benzene rings is 3. The molecule has 5 aromatic rings. The Bertz CT molecular complexity index is 1620. The number of methoxy groups -OCH3 is 2. The molecule has 7 nitrogen and oxygen atoms in total. The Kier molecular flexibility index (Phi) is 9.02. The van der Waals surface area contributed by atoms with E-state index in [0.29, 0.717) is 34.8 Å². The third kappa shape index (κ3) is 6.91. The summed E-state index contributed by atoms with van der Waals surface area (Å²) in [6.07, 6.45) is 3.49. The van der Waals surface area contributed by atoms with Crippen LogP contribution < -0.4 is 19.1 Å². The first kappa shape index (κ1) is 28.9. The summed E-state index contributed by atoms with van der Waals surface area (Å²) in [5, 5.41) is 1.44. The summed E-state index contributed by atoms with van der Waals surface area (Å²) in [6, 6.07) is 25.7. The summed E-state index contributed by atoms with van der Waals surface area (Å²) in [5.41, 5.74) is 1.09. The van der Waals surface area contributed by atoms with Gasteiger partial charge in [0.25, 0.3) is 0 Å². The van der Waals surface area contributed by atoms with Gasteiger partial charge in [-0.1, -0.05) is 41.7 Å². The predicted octanol–water partition coefficient (Wildman–Crippen LogP) is 8.43. The summed E-state index contributed by atoms with van der Waals surface area (Å²) in [6.45, 7) is 2.22. The second kappa shape index (κ2) is 13.4. The van der Waals surface area contributed by atoms with Gasteiger partial charge in [-0.05, 0) is 73.0 Å². The highest BCUT2D eigenvalue weighted by Gasteiger charge is 2.27. The van der Waals surface area contributed by atoms with Crippen molar-refractivity contribution in [3.63, 3.8) is 0 Å². The van der Waals surface area contributed by atoms with Crippen molar-refractivity contribution in [3.05, 3.63) is 103 Å². The number of anilines is 1. The van der Waals surface area contributed by atoms with E-state index < -0.39 is 0 Å². The van der Waals surface area contributed by atoms with Crippen LogP contribution >= 0.6 is 11.3 Å². The maximum Gasteiger partial charge on any atom is 0.224 e. The number of hydrogen-bond acceptors (Lipinski definition) is 8. The lowest BCUT2D eigenvalue weighted by molar-refractivity contribution is -0.141. The summed E-state index contributed by atoms with van der Waals surface area (Å²) in [5.74, 6) is 3.35. The predicted molar refractivity (Wildman–Crippen MR) is 166 cm³/mol. The Labute approximate surface area is 254 Å². The van der Waals surface area contributed by atoms with E-state index in [1.54, 1.807) is 32.5 Å². The van der Waals surface area contributed by atoms with E-state index >= 15 is 0 Å². The van der Waals surface area contributed by atoms with E-state index in [0.717, 1.165) is 53.1 Å². The number of aromatic nitrogens is 1. The second-order valence-corrected chi connectivity index (χ2v) is 11.3. The van der Waals surface area contributed by atoms with Crippen molar-refractivity contribution < 1.29 is 28.1 Å². The first-order chi connectivity index (χ1) is 21.1. The van der Waals surface area contributed by atoms with Crippen LogP contribution in [0, 0.1) is 11.7 Å². The first-order valence-electron chi connectivity index (χ1n) is 14.2. The standard InChI is InChI=1S/C34H33FN2O5S/c1-38-33(39-2)24-16-18-37(19-17-24)31-15-13-28(21-36-31)41-32-29-14-12-27(40-22-23-6-4-3-5-7-23)20-30(29)43-34(32)42-26-10-8-25(35)9-11-26/h3-15,20-21,24,33H,16-19,22H2,1-2H3. The van der Waals surface area contributed by atoms with E-state index in [1.807, 2.05) is 60.7 Å². The molecule has 9 heteroatoms. The van der Waals surface area contributed by atoms with Crippen molar-refractivity contribution in [2.45, 2.75) is 25.7 Å². The largest absolute Gasteiger partial charge is 0.489 e. The van der Waals surface area contributed by atoms with E-state index in [2.05, 4.69) is 4.90 Å². The molecule has 0 radical (unpaired) electrons. The van der Waals surface area contributed by atoms with Crippen molar-refractivity contribution >= 4 is 27.2 Å². The van der Waals surface area contributed by atoms with Gasteiger partial charge in [0.15, 0.2) is 12.0 Å². The van der Waals surface area contributed by atoms with Gasteiger partial charge in [0.05, 0.1) is 6.20 Å². The van der Waals surface area contributed by atoms with Crippen molar-refractivity contribution in [1.82, 2.24) is 4.98 Å². The lowest BCUT2D eigenvalue weighted by Gasteiger charge is -2.35. The fourth-order valence-electron chi connectivity index (χ4n) is 5.25. The number of pyridine rings is 1. The van der Waals surface area contributed by atoms with Crippen LogP contribution in [0.15, 0.2) is 91.1 Å². The zero-order valence-electron chi connectivity index (χ0n) is 24.1. The molecule has 2 aromatic heterocycles. The van der Waals surface area contributed by atoms with Crippen molar-refractivity contribution in [2.75, 3.05) is 32.2 Å². The molecule has 43 heavy (non-hydrogen) atoms. The van der Waals surface area contributed by atoms with E-state index in [1.165, 1.54) is 23.5 Å². The van der Waals surface area contributed by atoms with E-state index in [4.69, 9.17) is 28.7 Å². The number of thiophene rings is 1. The van der Waals surface area contributed by atoms with Crippen molar-refractivity contribution in [2.24, 2.45) is 5.92 Å². The lowest BCUT2D eigenvalue weighted by atomic mass is 9.96. The monoisotopic (exact) mass is 600 g/mol. The molecular weight excluding hydrogens is 567 g/mol. The number of rotatable bonds is 11. The summed E-state index contributed by atoms with van der Waals surface area (Å²) in [4.78, 5) is 6.97. The van der Waals surface area contributed by atoms with Gasteiger partial charge < -0.3 is 28.6 Å². The normalized spacial score (nSPS) is 13.9. The Morgan fingerprint density at radius 2 is 1.58 bits per heavy atom. The SMILES string of the molecule is COC(OC)C1CCN(c2ccc(Oc3c(Oc4ccc(F)cc4)sc4cc(OCc5ccccc5)ccc34)cn2)CC1. The highest BCUT2D eigenvalue weighted by atomic mass is 32.1. The van der Waals surface area contributed by atoms with Gasteiger partial charge in [-0.25, -0.2) is 9.37 Å². The average Bonchev–Trinajstić information content (AvgIpc) is 3.38. The fourth-order valence-corrected chi connectivity index (χ4v) is 6.28. The molecule has 0 unspecified atom stereocenters. The number of piperidine rings is 1. The second-order valence-electron chi connectivity index (χ2n) is 10.3. The molecule has 1 aliphatic rings. The molecule has 0 atom stereocenters. The van der Waals surface area contributed by atoms with Crippen LogP contribution in [0.2, 0.25) is 0 Å². The molecule has 0 spiro atoms. The molecule has 222 valence electrons. The topological polar surface area (TPSA) is 62.3 Å². The number of halogens is 1. The van der Waals surface area contributed by atoms with Crippen LogP contribution in [0.4, 0.5) is 10.2 Å². The van der Waals surface area contributed by atoms with Gasteiger partial charge in [-0.15, -0.1) is 0 Å². The molecule has 6 rings (SSSR count). The third-order valence-corrected chi connectivity index (χ3v) is 8.52. The molecule has 0 amide bonds. The third-order valence-electron chi connectivity index (χ3n) is 7.51. The van der Waals surface area contributed by atoms with Crippen LogP contribution in [0.3, 0.4) is 0 Å². The smallest absolute Gasteiger partial charge is 0.224 e. The molecule has 3 heterocycles. The number of hydrogen-bond donors (Lipinski definition) is 0. The van der Waals surface area contributed by atoms with E-state index in [9.17, 15) is 4.39 Å². The Balaban J connectivity index is 1.21. The molecule has 0 bridgehead atoms. The van der Waals surface area contributed by atoms with Crippen LogP contribution in [0.1, 0.15) is 18.4 Å². The molecule has 0 saturated carbocycles. The van der Waals surface area contributed by atoms with Crippen molar-refractivity contribution in [3.8, 4) is 28.1 Å². The average molecular weight is 601 g/mol. The maximum atomic E-state index is 13.5. The molecule has 0 N–H and O–H groups in total. The quantitative estimate of drug-likeness (QED) is 0.141. The number of nitrogens with zero attached hydrogens (tertiary/aromatic N) is 2. The Morgan fingerprint density at radius 3 is 2.28 bits per heavy atom. The Morgan fingerprint density at radius 1 is 0.860 bits per heavy atom. The summed E-state index contributed by atoms with van der Waals surface area (Å²) >= 11 is 1.44. The van der Waals surface area contributed by atoms with Gasteiger partial charge in [-0.3, -0.25) is 0 Å². The number of ether oxygens (including phenoxy) is 5. The maximum absolute atomic E-state index is 13.5. The molecular formula is C34H33FN2O5S. The van der Waals surface area contributed by atoms with Gasteiger partial charge in [0.2, 0.25) is 5.06 Å². The summed E-state index contributed by atoms with van der Waals surface area (Å²) in [7, 11) is 3.37. The van der Waals surface area contributed by atoms with Gasteiger partial charge in [0.1, 0.15) is 35.5 Å². The van der Waals surface area contributed by atoms with Crippen LogP contribution in [-0.4, -0.2) is 38.6 Å². The van der Waals surface area contributed by atoms with Gasteiger partial charge in [0, 0.05) is 43.3 Å². The van der Waals surface area contributed by atoms with E-state index in [-0.39, 0.29) is 12.1 Å². The highest BCUT2D eigenvalue weighted by molar-refractivity contribution is 7.21. The molecule has 0 aliphatic carbocycles. The Hall–Kier alpha value is -4.18. The van der Waals surface area contributed by atoms with Gasteiger partial charge >= 0.3 is 0 Å². The minimum absolute atomic E-state index is 0.177. The van der Waals surface area contributed by atoms with Crippen LogP contribution in [0.25, 0.3) is 10.1 Å². The summed E-state index contributed by atoms with van der Waals surface area (Å²) < 4.78 is 44.1.